The summed E-state index contributed by atoms with van der Waals surface area (Å²) in [5.74, 6) is 0.379. The second kappa shape index (κ2) is 11.8. The Morgan fingerprint density at radius 2 is 2.00 bits per heavy atom. The molecule has 0 heterocycles. The average molecular weight is 281 g/mol. The smallest absolute Gasteiger partial charge is 0.237 e. The fraction of sp³-hybridized carbons (Fsp3) is 0.923. The molecule has 0 aliphatic carbocycles. The first-order valence-corrected chi connectivity index (χ1v) is 6.56. The van der Waals surface area contributed by atoms with Crippen molar-refractivity contribution in [2.75, 3.05) is 13.7 Å². The van der Waals surface area contributed by atoms with Crippen LogP contribution in [0.15, 0.2) is 0 Å². The van der Waals surface area contributed by atoms with Crippen LogP contribution in [-0.2, 0) is 9.53 Å². The minimum absolute atomic E-state index is 0. The van der Waals surface area contributed by atoms with Crippen LogP contribution in [0.3, 0.4) is 0 Å². The van der Waals surface area contributed by atoms with Gasteiger partial charge in [0, 0.05) is 7.11 Å². The number of unbranched alkanes of at least 4 members (excludes halogenated alkanes) is 1. The molecule has 0 aromatic carbocycles. The molecule has 1 amide bonds. The highest BCUT2D eigenvalue weighted by atomic mass is 35.5. The molecule has 0 aliphatic heterocycles. The summed E-state index contributed by atoms with van der Waals surface area (Å²) < 4.78 is 5.11. The monoisotopic (exact) mass is 280 g/mol. The largest absolute Gasteiger partial charge is 0.383 e. The van der Waals surface area contributed by atoms with Crippen molar-refractivity contribution in [3.63, 3.8) is 0 Å². The van der Waals surface area contributed by atoms with Crippen LogP contribution in [0.2, 0.25) is 0 Å². The van der Waals surface area contributed by atoms with Gasteiger partial charge >= 0.3 is 0 Å². The quantitative estimate of drug-likeness (QED) is 0.680. The van der Waals surface area contributed by atoms with Crippen LogP contribution in [0.1, 0.15) is 46.5 Å². The zero-order chi connectivity index (χ0) is 13.3. The number of carbonyl (C=O) groups is 1. The van der Waals surface area contributed by atoms with Gasteiger partial charge in [0.15, 0.2) is 0 Å². The molecule has 0 aromatic heterocycles. The van der Waals surface area contributed by atoms with Crippen LogP contribution in [-0.4, -0.2) is 31.7 Å². The van der Waals surface area contributed by atoms with Crippen LogP contribution in [0.4, 0.5) is 0 Å². The molecule has 5 heteroatoms. The predicted octanol–water partition coefficient (Wildman–Crippen LogP) is 2.10. The third kappa shape index (κ3) is 9.68. The first kappa shape index (κ1) is 20.0. The maximum absolute atomic E-state index is 11.8. The molecule has 0 saturated carbocycles. The van der Waals surface area contributed by atoms with Crippen molar-refractivity contribution in [1.82, 2.24) is 5.32 Å². The fourth-order valence-corrected chi connectivity index (χ4v) is 1.77. The van der Waals surface area contributed by atoms with Crippen LogP contribution in [0, 0.1) is 5.92 Å². The first-order valence-electron chi connectivity index (χ1n) is 6.56. The van der Waals surface area contributed by atoms with Crippen molar-refractivity contribution >= 4 is 18.3 Å². The first-order chi connectivity index (χ1) is 8.01. The summed E-state index contributed by atoms with van der Waals surface area (Å²) in [4.78, 5) is 11.8. The molecule has 110 valence electrons. The van der Waals surface area contributed by atoms with E-state index in [2.05, 4.69) is 26.1 Å². The highest BCUT2D eigenvalue weighted by Gasteiger charge is 2.18. The van der Waals surface area contributed by atoms with E-state index in [0.29, 0.717) is 12.5 Å². The van der Waals surface area contributed by atoms with Crippen molar-refractivity contribution in [3.05, 3.63) is 0 Å². The molecule has 0 radical (unpaired) electrons. The predicted molar refractivity (Wildman–Crippen MR) is 78.0 cm³/mol. The number of halogens is 1. The minimum Gasteiger partial charge on any atom is -0.383 e. The van der Waals surface area contributed by atoms with Crippen molar-refractivity contribution in [2.45, 2.75) is 58.5 Å². The second-order valence-corrected chi connectivity index (χ2v) is 5.04. The van der Waals surface area contributed by atoms with Gasteiger partial charge < -0.3 is 15.8 Å². The van der Waals surface area contributed by atoms with E-state index in [1.54, 1.807) is 7.11 Å². The normalized spacial score (nSPS) is 13.9. The van der Waals surface area contributed by atoms with Crippen LogP contribution in [0.25, 0.3) is 0 Å². The molecule has 0 rings (SSSR count). The van der Waals surface area contributed by atoms with Gasteiger partial charge in [-0.15, -0.1) is 12.4 Å². The molecule has 0 spiro atoms. The Morgan fingerprint density at radius 1 is 1.39 bits per heavy atom. The molecule has 3 N–H and O–H groups in total. The summed E-state index contributed by atoms with van der Waals surface area (Å²) >= 11 is 0. The summed E-state index contributed by atoms with van der Waals surface area (Å²) in [7, 11) is 1.65. The van der Waals surface area contributed by atoms with E-state index in [1.807, 2.05) is 0 Å². The maximum Gasteiger partial charge on any atom is 0.237 e. The topological polar surface area (TPSA) is 64.3 Å². The van der Waals surface area contributed by atoms with Gasteiger partial charge in [-0.1, -0.05) is 33.6 Å². The highest BCUT2D eigenvalue weighted by molar-refractivity contribution is 5.85. The van der Waals surface area contributed by atoms with Crippen molar-refractivity contribution in [3.8, 4) is 0 Å². The zero-order valence-electron chi connectivity index (χ0n) is 12.1. The Bertz CT molecular complexity index is 213. The van der Waals surface area contributed by atoms with E-state index in [1.165, 1.54) is 0 Å². The third-order valence-electron chi connectivity index (χ3n) is 2.68. The maximum atomic E-state index is 11.8. The molecule has 1 unspecified atom stereocenters. The van der Waals surface area contributed by atoms with E-state index in [0.717, 1.165) is 25.7 Å². The number of hydrogen-bond acceptors (Lipinski definition) is 3. The van der Waals surface area contributed by atoms with Gasteiger partial charge in [0.05, 0.1) is 18.7 Å². The summed E-state index contributed by atoms with van der Waals surface area (Å²) in [6.45, 7) is 6.82. The van der Waals surface area contributed by atoms with Gasteiger partial charge in [-0.2, -0.15) is 0 Å². The SMILES string of the molecule is CCCCC(COC)NC(=O)[C@@H](N)CC(C)C.Cl. The lowest BCUT2D eigenvalue weighted by atomic mass is 10.0. The zero-order valence-corrected chi connectivity index (χ0v) is 12.9. The lowest BCUT2D eigenvalue weighted by molar-refractivity contribution is -0.123. The molecule has 2 atom stereocenters. The Kier molecular flexibility index (Phi) is 13.1. The standard InChI is InChI=1S/C13H28N2O2.ClH/c1-5-6-7-11(9-17-4)15-13(16)12(14)8-10(2)3;/h10-12H,5-9,14H2,1-4H3,(H,15,16);1H/t11?,12-;/m0./s1. The molecule has 0 fully saturated rings. The molecule has 4 nitrogen and oxygen atoms in total. The molecule has 0 aliphatic rings. The second-order valence-electron chi connectivity index (χ2n) is 5.04. The lowest BCUT2D eigenvalue weighted by Crippen LogP contribution is -2.47. The van der Waals surface area contributed by atoms with Crippen LogP contribution in [0.5, 0.6) is 0 Å². The third-order valence-corrected chi connectivity index (χ3v) is 2.68. The fourth-order valence-electron chi connectivity index (χ4n) is 1.77. The number of nitrogens with one attached hydrogen (secondary N) is 1. The number of hydrogen-bond donors (Lipinski definition) is 2. The van der Waals surface area contributed by atoms with Gasteiger partial charge in [-0.25, -0.2) is 0 Å². The van der Waals surface area contributed by atoms with Crippen molar-refractivity contribution in [2.24, 2.45) is 11.7 Å². The highest BCUT2D eigenvalue weighted by Crippen LogP contribution is 2.05. The van der Waals surface area contributed by atoms with E-state index in [4.69, 9.17) is 10.5 Å². The summed E-state index contributed by atoms with van der Waals surface area (Å²) in [5.41, 5.74) is 5.84. The summed E-state index contributed by atoms with van der Waals surface area (Å²) in [6.07, 6.45) is 3.88. The Hall–Kier alpha value is -0.320. The Labute approximate surface area is 117 Å². The number of carbonyl (C=O) groups excluding carboxylic acids is 1. The van der Waals surface area contributed by atoms with E-state index < -0.39 is 6.04 Å². The van der Waals surface area contributed by atoms with Crippen molar-refractivity contribution < 1.29 is 9.53 Å². The average Bonchev–Trinajstić information content (AvgIpc) is 2.25. The van der Waals surface area contributed by atoms with Gasteiger partial charge in [0.2, 0.25) is 5.91 Å². The van der Waals surface area contributed by atoms with Gasteiger partial charge in [0.1, 0.15) is 0 Å². The molecule has 18 heavy (non-hydrogen) atoms. The molecular weight excluding hydrogens is 252 g/mol. The lowest BCUT2D eigenvalue weighted by Gasteiger charge is -2.21. The summed E-state index contributed by atoms with van der Waals surface area (Å²) in [5, 5.41) is 2.97. The summed E-state index contributed by atoms with van der Waals surface area (Å²) in [6, 6.07) is -0.318. The minimum atomic E-state index is -0.406. The van der Waals surface area contributed by atoms with Crippen LogP contribution >= 0.6 is 12.4 Å². The number of rotatable bonds is 9. The number of methoxy groups -OCH3 is 1. The number of ether oxygens (including phenoxy) is 1. The van der Waals surface area contributed by atoms with E-state index >= 15 is 0 Å². The van der Waals surface area contributed by atoms with E-state index in [-0.39, 0.29) is 24.4 Å². The Morgan fingerprint density at radius 3 is 2.44 bits per heavy atom. The molecule has 0 bridgehead atoms. The van der Waals surface area contributed by atoms with Gasteiger partial charge in [-0.05, 0) is 18.8 Å². The Balaban J connectivity index is 0. The molecular formula is C13H29ClN2O2. The van der Waals surface area contributed by atoms with E-state index in [9.17, 15) is 4.79 Å². The number of nitrogens with two attached hydrogens (primary N) is 1. The molecule has 0 aromatic rings. The van der Waals surface area contributed by atoms with Crippen molar-refractivity contribution in [1.29, 1.82) is 0 Å². The van der Waals surface area contributed by atoms with Crippen LogP contribution < -0.4 is 11.1 Å². The van der Waals surface area contributed by atoms with Gasteiger partial charge in [0.25, 0.3) is 0 Å². The molecule has 0 saturated heterocycles. The van der Waals surface area contributed by atoms with Gasteiger partial charge in [-0.3, -0.25) is 4.79 Å². The number of amides is 1.